The van der Waals surface area contributed by atoms with Crippen molar-refractivity contribution in [2.45, 2.75) is 26.7 Å². The van der Waals surface area contributed by atoms with Crippen molar-refractivity contribution in [1.82, 2.24) is 4.98 Å². The molecule has 0 fully saturated rings. The maximum atomic E-state index is 11.4. The molecule has 1 amide bonds. The Labute approximate surface area is 115 Å². The molecule has 0 aromatic carbocycles. The fraction of sp³-hybridized carbons (Fsp3) is 0.571. The quantitative estimate of drug-likeness (QED) is 0.783. The number of anilines is 2. The minimum atomic E-state index is -0.170. The molecule has 0 aliphatic heterocycles. The highest BCUT2D eigenvalue weighted by Gasteiger charge is 2.06. The van der Waals surface area contributed by atoms with E-state index >= 15 is 0 Å². The molecule has 19 heavy (non-hydrogen) atoms. The van der Waals surface area contributed by atoms with Gasteiger partial charge in [-0.05, 0) is 25.0 Å². The summed E-state index contributed by atoms with van der Waals surface area (Å²) in [6.45, 7) is 6.36. The molecule has 0 aliphatic carbocycles. The standard InChI is InChI=1S/C14H23N3O2/c1-4-8-17(9-5-2)13-7-6-12(10-15-13)16-14(18)11-19-3/h6-7,10H,4-5,8-9,11H2,1-3H3,(H,16,18). The average Bonchev–Trinajstić information content (AvgIpc) is 2.40. The summed E-state index contributed by atoms with van der Waals surface area (Å²) in [6, 6.07) is 3.81. The zero-order chi connectivity index (χ0) is 14.1. The SMILES string of the molecule is CCCN(CCC)c1ccc(NC(=O)COC)cn1. The number of pyridine rings is 1. The van der Waals surface area contributed by atoms with Crippen molar-refractivity contribution < 1.29 is 9.53 Å². The van der Waals surface area contributed by atoms with E-state index in [4.69, 9.17) is 4.74 Å². The van der Waals surface area contributed by atoms with Gasteiger partial charge < -0.3 is 15.0 Å². The van der Waals surface area contributed by atoms with Crippen molar-refractivity contribution in [1.29, 1.82) is 0 Å². The van der Waals surface area contributed by atoms with Crippen molar-refractivity contribution in [3.05, 3.63) is 18.3 Å². The van der Waals surface area contributed by atoms with Gasteiger partial charge in [-0.15, -0.1) is 0 Å². The van der Waals surface area contributed by atoms with Crippen molar-refractivity contribution in [2.75, 3.05) is 37.0 Å². The first-order valence-corrected chi connectivity index (χ1v) is 6.71. The van der Waals surface area contributed by atoms with Crippen molar-refractivity contribution in [3.63, 3.8) is 0 Å². The molecule has 1 aromatic rings. The maximum absolute atomic E-state index is 11.4. The van der Waals surface area contributed by atoms with E-state index in [2.05, 4.69) is 29.0 Å². The molecule has 0 unspecified atom stereocenters. The van der Waals surface area contributed by atoms with Gasteiger partial charge >= 0.3 is 0 Å². The molecule has 0 spiro atoms. The van der Waals surface area contributed by atoms with Gasteiger partial charge in [-0.3, -0.25) is 4.79 Å². The van der Waals surface area contributed by atoms with Crippen LogP contribution < -0.4 is 10.2 Å². The van der Waals surface area contributed by atoms with E-state index < -0.39 is 0 Å². The second kappa shape index (κ2) is 8.48. The lowest BCUT2D eigenvalue weighted by Gasteiger charge is -2.22. The second-order valence-corrected chi connectivity index (χ2v) is 4.37. The lowest BCUT2D eigenvalue weighted by atomic mass is 10.3. The number of carbonyl (C=O) groups excluding carboxylic acids is 1. The number of rotatable bonds is 8. The summed E-state index contributed by atoms with van der Waals surface area (Å²) in [5.74, 6) is 0.782. The summed E-state index contributed by atoms with van der Waals surface area (Å²) in [5.41, 5.74) is 0.693. The van der Waals surface area contributed by atoms with Gasteiger partial charge in [-0.2, -0.15) is 0 Å². The summed E-state index contributed by atoms with van der Waals surface area (Å²) in [7, 11) is 1.49. The predicted octanol–water partition coefficient (Wildman–Crippen LogP) is 2.29. The fourth-order valence-electron chi connectivity index (χ4n) is 1.86. The summed E-state index contributed by atoms with van der Waals surface area (Å²) in [6.07, 6.45) is 3.86. The summed E-state index contributed by atoms with van der Waals surface area (Å²) >= 11 is 0. The predicted molar refractivity (Wildman–Crippen MR) is 77.5 cm³/mol. The maximum Gasteiger partial charge on any atom is 0.250 e. The van der Waals surface area contributed by atoms with Crippen LogP contribution in [-0.4, -0.2) is 37.7 Å². The minimum absolute atomic E-state index is 0.0551. The van der Waals surface area contributed by atoms with Gasteiger partial charge in [0.1, 0.15) is 12.4 Å². The van der Waals surface area contributed by atoms with E-state index in [1.807, 2.05) is 12.1 Å². The monoisotopic (exact) mass is 265 g/mol. The Balaban J connectivity index is 2.65. The fourth-order valence-corrected chi connectivity index (χ4v) is 1.86. The molecular weight excluding hydrogens is 242 g/mol. The highest BCUT2D eigenvalue weighted by atomic mass is 16.5. The minimum Gasteiger partial charge on any atom is -0.375 e. The highest BCUT2D eigenvalue weighted by molar-refractivity contribution is 5.91. The Morgan fingerprint density at radius 1 is 1.32 bits per heavy atom. The van der Waals surface area contributed by atoms with Gasteiger partial charge in [0.05, 0.1) is 11.9 Å². The van der Waals surface area contributed by atoms with Crippen LogP contribution in [-0.2, 0) is 9.53 Å². The number of methoxy groups -OCH3 is 1. The molecule has 0 atom stereocenters. The Morgan fingerprint density at radius 2 is 2.00 bits per heavy atom. The summed E-state index contributed by atoms with van der Waals surface area (Å²) < 4.78 is 4.76. The number of aromatic nitrogens is 1. The van der Waals surface area contributed by atoms with E-state index in [1.165, 1.54) is 7.11 Å². The van der Waals surface area contributed by atoms with Crippen LogP contribution in [0, 0.1) is 0 Å². The third kappa shape index (κ3) is 5.26. The van der Waals surface area contributed by atoms with Crippen LogP contribution in [0.15, 0.2) is 18.3 Å². The molecule has 1 N–H and O–H groups in total. The first-order valence-electron chi connectivity index (χ1n) is 6.71. The number of nitrogens with one attached hydrogen (secondary N) is 1. The van der Waals surface area contributed by atoms with Gasteiger partial charge in [0.25, 0.3) is 0 Å². The molecule has 5 heteroatoms. The molecule has 0 saturated heterocycles. The Morgan fingerprint density at radius 3 is 2.47 bits per heavy atom. The Kier molecular flexibility index (Phi) is 6.89. The molecule has 1 heterocycles. The van der Waals surface area contributed by atoms with Crippen LogP contribution in [0.25, 0.3) is 0 Å². The third-order valence-corrected chi connectivity index (χ3v) is 2.62. The number of carbonyl (C=O) groups is 1. The van der Waals surface area contributed by atoms with Gasteiger partial charge in [0.2, 0.25) is 5.91 Å². The summed E-state index contributed by atoms with van der Waals surface area (Å²) in [5, 5.41) is 2.73. The van der Waals surface area contributed by atoms with Gasteiger partial charge in [-0.1, -0.05) is 13.8 Å². The van der Waals surface area contributed by atoms with E-state index in [9.17, 15) is 4.79 Å². The van der Waals surface area contributed by atoms with Crippen molar-refractivity contribution in [2.24, 2.45) is 0 Å². The lowest BCUT2D eigenvalue weighted by molar-refractivity contribution is -0.119. The third-order valence-electron chi connectivity index (χ3n) is 2.62. The van der Waals surface area contributed by atoms with Crippen molar-refractivity contribution >= 4 is 17.4 Å². The van der Waals surface area contributed by atoms with Crippen LogP contribution in [0.2, 0.25) is 0 Å². The number of ether oxygens (including phenoxy) is 1. The number of amides is 1. The molecule has 106 valence electrons. The first-order chi connectivity index (χ1) is 9.21. The number of hydrogen-bond donors (Lipinski definition) is 1. The topological polar surface area (TPSA) is 54.5 Å². The molecular formula is C14H23N3O2. The zero-order valence-corrected chi connectivity index (χ0v) is 12.0. The van der Waals surface area contributed by atoms with Crippen LogP contribution >= 0.6 is 0 Å². The van der Waals surface area contributed by atoms with E-state index in [0.29, 0.717) is 5.69 Å². The zero-order valence-electron chi connectivity index (χ0n) is 12.0. The molecule has 5 nitrogen and oxygen atoms in total. The molecule has 0 saturated carbocycles. The van der Waals surface area contributed by atoms with Crippen LogP contribution in [0.1, 0.15) is 26.7 Å². The molecule has 0 radical (unpaired) electrons. The van der Waals surface area contributed by atoms with Crippen LogP contribution in [0.4, 0.5) is 11.5 Å². The smallest absolute Gasteiger partial charge is 0.250 e. The van der Waals surface area contributed by atoms with E-state index in [0.717, 1.165) is 31.7 Å². The van der Waals surface area contributed by atoms with Crippen LogP contribution in [0.3, 0.4) is 0 Å². The van der Waals surface area contributed by atoms with E-state index in [1.54, 1.807) is 6.20 Å². The van der Waals surface area contributed by atoms with Gasteiger partial charge in [0.15, 0.2) is 0 Å². The van der Waals surface area contributed by atoms with Crippen LogP contribution in [0.5, 0.6) is 0 Å². The Hall–Kier alpha value is -1.62. The molecule has 0 bridgehead atoms. The largest absolute Gasteiger partial charge is 0.375 e. The Bertz CT molecular complexity index is 373. The van der Waals surface area contributed by atoms with Crippen molar-refractivity contribution in [3.8, 4) is 0 Å². The summed E-state index contributed by atoms with van der Waals surface area (Å²) in [4.78, 5) is 18.0. The lowest BCUT2D eigenvalue weighted by Crippen LogP contribution is -2.25. The van der Waals surface area contributed by atoms with Gasteiger partial charge in [0, 0.05) is 20.2 Å². The highest BCUT2D eigenvalue weighted by Crippen LogP contribution is 2.15. The molecule has 1 aromatic heterocycles. The second-order valence-electron chi connectivity index (χ2n) is 4.37. The normalized spacial score (nSPS) is 10.3. The van der Waals surface area contributed by atoms with Gasteiger partial charge in [-0.25, -0.2) is 4.98 Å². The molecule has 0 aliphatic rings. The molecule has 1 rings (SSSR count). The van der Waals surface area contributed by atoms with E-state index in [-0.39, 0.29) is 12.5 Å². The number of hydrogen-bond acceptors (Lipinski definition) is 4. The number of nitrogens with zero attached hydrogens (tertiary/aromatic N) is 2. The first kappa shape index (κ1) is 15.4. The average molecular weight is 265 g/mol.